The number of hydrogen-bond donors (Lipinski definition) is 3. The summed E-state index contributed by atoms with van der Waals surface area (Å²) in [4.78, 5) is 14.9. The highest BCUT2D eigenvalue weighted by molar-refractivity contribution is 7.92. The number of nitrogens with zero attached hydrogens (tertiary/aromatic N) is 2. The minimum absolute atomic E-state index is 0.185. The first-order chi connectivity index (χ1) is 13.0. The number of aromatic nitrogens is 4. The van der Waals surface area contributed by atoms with E-state index < -0.39 is 10.0 Å². The van der Waals surface area contributed by atoms with Crippen molar-refractivity contribution in [3.8, 4) is 5.88 Å². The first-order valence-corrected chi connectivity index (χ1v) is 10.6. The Labute approximate surface area is 156 Å². The Morgan fingerprint density at radius 1 is 1.26 bits per heavy atom. The molecule has 1 fully saturated rings. The molecule has 2 aromatic heterocycles. The van der Waals surface area contributed by atoms with Crippen LogP contribution in [0.3, 0.4) is 0 Å². The molecule has 142 valence electrons. The van der Waals surface area contributed by atoms with Gasteiger partial charge in [0.2, 0.25) is 10.0 Å². The lowest BCUT2D eigenvalue weighted by atomic mass is 10.3. The molecule has 10 heteroatoms. The zero-order chi connectivity index (χ0) is 18.9. The molecule has 9 nitrogen and oxygen atoms in total. The summed E-state index contributed by atoms with van der Waals surface area (Å²) in [5.41, 5.74) is 2.40. The van der Waals surface area contributed by atoms with Gasteiger partial charge in [-0.3, -0.25) is 4.72 Å². The first-order valence-electron chi connectivity index (χ1n) is 8.74. The van der Waals surface area contributed by atoms with Crippen molar-refractivity contribution in [2.45, 2.75) is 31.8 Å². The van der Waals surface area contributed by atoms with Crippen LogP contribution in [0, 0.1) is 0 Å². The van der Waals surface area contributed by atoms with Gasteiger partial charge >= 0.3 is 5.95 Å². The minimum atomic E-state index is -3.34. The molecular weight excluding hydrogens is 368 g/mol. The van der Waals surface area contributed by atoms with Gasteiger partial charge < -0.3 is 9.72 Å². The third kappa shape index (κ3) is 4.27. The van der Waals surface area contributed by atoms with E-state index in [1.54, 1.807) is 24.5 Å². The van der Waals surface area contributed by atoms with E-state index in [-0.39, 0.29) is 6.10 Å². The Morgan fingerprint density at radius 3 is 2.81 bits per heavy atom. The molecule has 0 bridgehead atoms. The molecule has 1 aliphatic carbocycles. The number of sulfonamides is 1. The molecule has 2 heterocycles. The number of nitrogens with one attached hydrogen (secondary N) is 4. The van der Waals surface area contributed by atoms with Gasteiger partial charge in [0, 0.05) is 6.07 Å². The summed E-state index contributed by atoms with van der Waals surface area (Å²) in [6.07, 6.45) is 7.29. The van der Waals surface area contributed by atoms with Crippen molar-refractivity contribution < 1.29 is 18.1 Å². The standard InChI is InChI=1S/C17H20N6O3S/c1-27(24,25)23-12-6-4-5-11(9-12)20-17-21-15-14(18-10-19-15)16(22-17)26-13-7-2-3-8-13/h4-6,9-10,13,23H,2-3,7-8H2,1H3,(H2,18,19,20,21,22)/p+1. The molecule has 4 rings (SSSR count). The van der Waals surface area contributed by atoms with Gasteiger partial charge in [-0.05, 0) is 42.8 Å². The fourth-order valence-corrected chi connectivity index (χ4v) is 3.73. The van der Waals surface area contributed by atoms with Crippen LogP contribution in [-0.2, 0) is 10.0 Å². The molecule has 0 spiro atoms. The van der Waals surface area contributed by atoms with E-state index in [0.717, 1.165) is 24.6 Å². The molecule has 1 aromatic carbocycles. The van der Waals surface area contributed by atoms with Gasteiger partial charge in [-0.2, -0.15) is 0 Å². The number of aromatic amines is 2. The van der Waals surface area contributed by atoms with E-state index in [2.05, 4.69) is 30.0 Å². The molecule has 0 unspecified atom stereocenters. The summed E-state index contributed by atoms with van der Waals surface area (Å²) in [7, 11) is -3.34. The average Bonchev–Trinajstić information content (AvgIpc) is 3.25. The van der Waals surface area contributed by atoms with Gasteiger partial charge in [0.15, 0.2) is 5.52 Å². The van der Waals surface area contributed by atoms with Gasteiger partial charge in [0.25, 0.3) is 11.5 Å². The van der Waals surface area contributed by atoms with E-state index in [0.29, 0.717) is 28.9 Å². The number of ether oxygens (including phenoxy) is 1. The zero-order valence-electron chi connectivity index (χ0n) is 14.8. The Morgan fingerprint density at radius 2 is 2.04 bits per heavy atom. The predicted octanol–water partition coefficient (Wildman–Crippen LogP) is 2.21. The van der Waals surface area contributed by atoms with Crippen LogP contribution in [0.4, 0.5) is 17.3 Å². The lowest BCUT2D eigenvalue weighted by molar-refractivity contribution is -0.381. The SMILES string of the molecule is CS(=O)(=O)Nc1cccc(Nc2nc3nc[nH]c3c(OC3CCCC3)[nH+]2)c1. The predicted molar refractivity (Wildman–Crippen MR) is 102 cm³/mol. The smallest absolute Gasteiger partial charge is 0.399 e. The Bertz CT molecular complexity index is 1060. The largest absolute Gasteiger partial charge is 0.463 e. The van der Waals surface area contributed by atoms with Crippen LogP contribution in [-0.4, -0.2) is 35.7 Å². The summed E-state index contributed by atoms with van der Waals surface area (Å²) in [5.74, 6) is 1.05. The van der Waals surface area contributed by atoms with Crippen LogP contribution in [0.15, 0.2) is 30.6 Å². The second-order valence-electron chi connectivity index (χ2n) is 6.62. The van der Waals surface area contributed by atoms with Crippen LogP contribution >= 0.6 is 0 Å². The maximum Gasteiger partial charge on any atom is 0.399 e. The van der Waals surface area contributed by atoms with Crippen molar-refractivity contribution in [3.05, 3.63) is 30.6 Å². The van der Waals surface area contributed by atoms with Gasteiger partial charge in [-0.1, -0.05) is 6.07 Å². The number of benzene rings is 1. The number of H-pyrrole nitrogens is 2. The van der Waals surface area contributed by atoms with Crippen molar-refractivity contribution in [1.29, 1.82) is 0 Å². The average molecular weight is 389 g/mol. The number of anilines is 3. The van der Waals surface area contributed by atoms with Crippen LogP contribution in [0.5, 0.6) is 5.88 Å². The summed E-state index contributed by atoms with van der Waals surface area (Å²) in [6, 6.07) is 6.92. The highest BCUT2D eigenvalue weighted by atomic mass is 32.2. The monoisotopic (exact) mass is 389 g/mol. The van der Waals surface area contributed by atoms with Gasteiger partial charge in [0.1, 0.15) is 11.8 Å². The van der Waals surface area contributed by atoms with Crippen molar-refractivity contribution in [2.24, 2.45) is 0 Å². The van der Waals surface area contributed by atoms with E-state index in [9.17, 15) is 8.42 Å². The molecular formula is C17H21N6O3S+. The third-order valence-electron chi connectivity index (χ3n) is 4.31. The topological polar surface area (TPSA) is 123 Å². The summed E-state index contributed by atoms with van der Waals surface area (Å²) in [5, 5.41) is 3.14. The highest BCUT2D eigenvalue weighted by Crippen LogP contribution is 2.26. The Balaban J connectivity index is 1.61. The molecule has 0 amide bonds. The number of hydrogen-bond acceptors (Lipinski definition) is 6. The number of fused-ring (bicyclic) bond motifs is 1. The van der Waals surface area contributed by atoms with Crippen molar-refractivity contribution >= 4 is 38.5 Å². The van der Waals surface area contributed by atoms with Gasteiger partial charge in [-0.25, -0.2) is 23.7 Å². The Hall–Kier alpha value is -2.88. The normalized spacial score (nSPS) is 15.1. The lowest BCUT2D eigenvalue weighted by Gasteiger charge is -2.11. The first kappa shape index (κ1) is 17.5. The molecule has 4 N–H and O–H groups in total. The van der Waals surface area contributed by atoms with Crippen molar-refractivity contribution in [1.82, 2.24) is 15.0 Å². The molecule has 1 saturated carbocycles. The molecule has 27 heavy (non-hydrogen) atoms. The second-order valence-corrected chi connectivity index (χ2v) is 8.37. The maximum absolute atomic E-state index is 11.4. The van der Waals surface area contributed by atoms with Crippen LogP contribution in [0.2, 0.25) is 0 Å². The minimum Gasteiger partial charge on any atom is -0.463 e. The van der Waals surface area contributed by atoms with Gasteiger partial charge in [0.05, 0.1) is 18.3 Å². The number of imidazole rings is 1. The third-order valence-corrected chi connectivity index (χ3v) is 4.92. The molecule has 3 aromatic rings. The van der Waals surface area contributed by atoms with E-state index in [4.69, 9.17) is 4.74 Å². The van der Waals surface area contributed by atoms with E-state index in [1.807, 2.05) is 6.07 Å². The van der Waals surface area contributed by atoms with Crippen molar-refractivity contribution in [3.63, 3.8) is 0 Å². The summed E-state index contributed by atoms with van der Waals surface area (Å²) in [6.45, 7) is 0. The molecule has 1 aliphatic rings. The van der Waals surface area contributed by atoms with Crippen molar-refractivity contribution in [2.75, 3.05) is 16.3 Å². The highest BCUT2D eigenvalue weighted by Gasteiger charge is 2.23. The van der Waals surface area contributed by atoms with E-state index in [1.165, 1.54) is 12.8 Å². The van der Waals surface area contributed by atoms with E-state index >= 15 is 0 Å². The van der Waals surface area contributed by atoms with Gasteiger partial charge in [-0.15, -0.1) is 0 Å². The summed E-state index contributed by atoms with van der Waals surface area (Å²) >= 11 is 0. The fourth-order valence-electron chi connectivity index (χ4n) is 3.17. The second kappa shape index (κ2) is 7.03. The number of rotatable bonds is 6. The maximum atomic E-state index is 11.4. The molecule has 0 radical (unpaired) electrons. The molecule has 0 atom stereocenters. The zero-order valence-corrected chi connectivity index (χ0v) is 15.6. The molecule has 0 saturated heterocycles. The lowest BCUT2D eigenvalue weighted by Crippen LogP contribution is -2.21. The summed E-state index contributed by atoms with van der Waals surface area (Å²) < 4.78 is 31.4. The van der Waals surface area contributed by atoms with Crippen LogP contribution < -0.4 is 19.8 Å². The fraction of sp³-hybridized carbons (Fsp3) is 0.353. The quantitative estimate of drug-likeness (QED) is 0.594. The molecule has 0 aliphatic heterocycles. The van der Waals surface area contributed by atoms with Crippen LogP contribution in [0.1, 0.15) is 25.7 Å². The Kier molecular flexibility index (Phi) is 4.56. The van der Waals surface area contributed by atoms with Crippen LogP contribution in [0.25, 0.3) is 11.2 Å².